The van der Waals surface area contributed by atoms with Gasteiger partial charge in [0.05, 0.1) is 0 Å². The van der Waals surface area contributed by atoms with Crippen LogP contribution in [0.25, 0.3) is 0 Å². The Bertz CT molecular complexity index is 286. The van der Waals surface area contributed by atoms with Crippen LogP contribution < -0.4 is 10.6 Å². The Morgan fingerprint density at radius 3 is 2.36 bits per heavy atom. The van der Waals surface area contributed by atoms with Crippen molar-refractivity contribution < 1.29 is 0 Å². The lowest BCUT2D eigenvalue weighted by Crippen LogP contribution is -2.49. The van der Waals surface area contributed by atoms with Gasteiger partial charge in [-0.2, -0.15) is 0 Å². The zero-order valence-corrected chi connectivity index (χ0v) is 17.4. The summed E-state index contributed by atoms with van der Waals surface area (Å²) < 4.78 is 0. The fourth-order valence-corrected chi connectivity index (χ4v) is 2.80. The van der Waals surface area contributed by atoms with Crippen molar-refractivity contribution in [1.29, 1.82) is 0 Å². The highest BCUT2D eigenvalue weighted by molar-refractivity contribution is 14.0. The number of rotatable bonds is 8. The van der Waals surface area contributed by atoms with Gasteiger partial charge >= 0.3 is 0 Å². The molecule has 2 N–H and O–H groups in total. The second kappa shape index (κ2) is 13.4. The van der Waals surface area contributed by atoms with Gasteiger partial charge in [-0.25, -0.2) is 0 Å². The third-order valence-electron chi connectivity index (χ3n) is 4.23. The summed E-state index contributed by atoms with van der Waals surface area (Å²) in [7, 11) is 0. The van der Waals surface area contributed by atoms with E-state index >= 15 is 0 Å². The first-order valence-electron chi connectivity index (χ1n) is 8.96. The van der Waals surface area contributed by atoms with Crippen molar-refractivity contribution in [2.75, 3.05) is 26.2 Å². The van der Waals surface area contributed by atoms with Gasteiger partial charge in [-0.05, 0) is 40.0 Å². The van der Waals surface area contributed by atoms with Crippen LogP contribution in [0.15, 0.2) is 4.99 Å². The Kier molecular flexibility index (Phi) is 13.4. The summed E-state index contributed by atoms with van der Waals surface area (Å²) in [5, 5.41) is 7.00. The van der Waals surface area contributed by atoms with E-state index in [2.05, 4.69) is 43.2 Å². The molecule has 1 rings (SSSR count). The SMILES string of the molecule is CCCCCCN=C(NCC)NC1CCN(C(C)C)CC1.I. The van der Waals surface area contributed by atoms with E-state index in [0.29, 0.717) is 12.1 Å². The van der Waals surface area contributed by atoms with E-state index in [4.69, 9.17) is 4.99 Å². The fourth-order valence-electron chi connectivity index (χ4n) is 2.80. The molecule has 0 aromatic rings. The minimum atomic E-state index is 0. The van der Waals surface area contributed by atoms with E-state index in [1.54, 1.807) is 0 Å². The van der Waals surface area contributed by atoms with Crippen molar-refractivity contribution >= 4 is 29.9 Å². The van der Waals surface area contributed by atoms with Crippen LogP contribution in [0.4, 0.5) is 0 Å². The lowest BCUT2D eigenvalue weighted by atomic mass is 10.0. The molecule has 0 aromatic heterocycles. The number of nitrogens with one attached hydrogen (secondary N) is 2. The van der Waals surface area contributed by atoms with Crippen LogP contribution in [0.1, 0.15) is 66.2 Å². The molecule has 0 aliphatic carbocycles. The zero-order chi connectivity index (χ0) is 15.5. The number of hydrogen-bond donors (Lipinski definition) is 2. The van der Waals surface area contributed by atoms with Crippen molar-refractivity contribution in [3.05, 3.63) is 0 Å². The minimum absolute atomic E-state index is 0. The van der Waals surface area contributed by atoms with Crippen LogP contribution in [-0.4, -0.2) is 49.1 Å². The largest absolute Gasteiger partial charge is 0.357 e. The number of hydrogen-bond acceptors (Lipinski definition) is 2. The molecule has 5 heteroatoms. The highest BCUT2D eigenvalue weighted by Gasteiger charge is 2.21. The standard InChI is InChI=1S/C17H36N4.HI/c1-5-7-8-9-12-19-17(18-6-2)20-16-10-13-21(14-11-16)15(3)4;/h15-16H,5-14H2,1-4H3,(H2,18,19,20);1H. The van der Waals surface area contributed by atoms with Crippen LogP contribution in [0.2, 0.25) is 0 Å². The number of unbranched alkanes of at least 4 members (excludes halogenated alkanes) is 3. The molecular weight excluding hydrogens is 387 g/mol. The number of piperidine rings is 1. The van der Waals surface area contributed by atoms with Crippen LogP contribution in [0, 0.1) is 0 Å². The second-order valence-corrected chi connectivity index (χ2v) is 6.37. The van der Waals surface area contributed by atoms with Gasteiger partial charge < -0.3 is 15.5 Å². The Hall–Kier alpha value is -0.0400. The summed E-state index contributed by atoms with van der Waals surface area (Å²) >= 11 is 0. The molecule has 1 saturated heterocycles. The Balaban J connectivity index is 0.00000441. The van der Waals surface area contributed by atoms with E-state index in [9.17, 15) is 0 Å². The molecule has 0 amide bonds. The van der Waals surface area contributed by atoms with Crippen LogP contribution in [0.3, 0.4) is 0 Å². The topological polar surface area (TPSA) is 39.7 Å². The van der Waals surface area contributed by atoms with Gasteiger partial charge in [0.1, 0.15) is 0 Å². The molecule has 1 aliphatic heterocycles. The monoisotopic (exact) mass is 424 g/mol. The van der Waals surface area contributed by atoms with E-state index in [0.717, 1.165) is 19.0 Å². The maximum absolute atomic E-state index is 4.71. The van der Waals surface area contributed by atoms with Gasteiger partial charge in [0.25, 0.3) is 0 Å². The average molecular weight is 424 g/mol. The maximum atomic E-state index is 4.71. The molecule has 0 bridgehead atoms. The average Bonchev–Trinajstić information content (AvgIpc) is 2.47. The molecule has 0 aromatic carbocycles. The Labute approximate surface area is 154 Å². The first kappa shape index (κ1) is 22.0. The molecule has 132 valence electrons. The number of guanidine groups is 1. The van der Waals surface area contributed by atoms with Crippen molar-refractivity contribution in [2.24, 2.45) is 4.99 Å². The van der Waals surface area contributed by atoms with Gasteiger partial charge in [0.2, 0.25) is 0 Å². The quantitative estimate of drug-likeness (QED) is 0.271. The molecule has 0 atom stereocenters. The first-order valence-corrected chi connectivity index (χ1v) is 8.96. The van der Waals surface area contributed by atoms with Gasteiger partial charge in [-0.1, -0.05) is 26.2 Å². The lowest BCUT2D eigenvalue weighted by molar-refractivity contribution is 0.167. The van der Waals surface area contributed by atoms with E-state index < -0.39 is 0 Å². The molecule has 0 spiro atoms. The first-order chi connectivity index (χ1) is 10.2. The smallest absolute Gasteiger partial charge is 0.191 e. The van der Waals surface area contributed by atoms with E-state index in [-0.39, 0.29) is 24.0 Å². The Morgan fingerprint density at radius 1 is 1.14 bits per heavy atom. The summed E-state index contributed by atoms with van der Waals surface area (Å²) in [4.78, 5) is 7.28. The maximum Gasteiger partial charge on any atom is 0.191 e. The highest BCUT2D eigenvalue weighted by Crippen LogP contribution is 2.12. The molecule has 1 fully saturated rings. The van der Waals surface area contributed by atoms with Gasteiger partial charge in [-0.3, -0.25) is 4.99 Å². The number of aliphatic imine (C=N–C) groups is 1. The summed E-state index contributed by atoms with van der Waals surface area (Å²) in [5.41, 5.74) is 0. The molecular formula is C17H37IN4. The summed E-state index contributed by atoms with van der Waals surface area (Å²) in [6.07, 6.45) is 7.56. The molecule has 22 heavy (non-hydrogen) atoms. The zero-order valence-electron chi connectivity index (χ0n) is 15.0. The van der Waals surface area contributed by atoms with Crippen molar-refractivity contribution in [2.45, 2.75) is 78.3 Å². The highest BCUT2D eigenvalue weighted by atomic mass is 127. The van der Waals surface area contributed by atoms with Crippen molar-refractivity contribution in [3.63, 3.8) is 0 Å². The molecule has 4 nitrogen and oxygen atoms in total. The third kappa shape index (κ3) is 9.18. The fraction of sp³-hybridized carbons (Fsp3) is 0.941. The lowest BCUT2D eigenvalue weighted by Gasteiger charge is -2.35. The Morgan fingerprint density at radius 2 is 1.82 bits per heavy atom. The molecule has 1 aliphatic rings. The summed E-state index contributed by atoms with van der Waals surface area (Å²) in [6, 6.07) is 1.25. The van der Waals surface area contributed by atoms with Crippen molar-refractivity contribution in [1.82, 2.24) is 15.5 Å². The molecule has 1 heterocycles. The van der Waals surface area contributed by atoms with E-state index in [1.165, 1.54) is 51.6 Å². The summed E-state index contributed by atoms with van der Waals surface area (Å²) in [5.74, 6) is 1.01. The molecule has 0 saturated carbocycles. The predicted octanol–water partition coefficient (Wildman–Crippen LogP) is 3.61. The van der Waals surface area contributed by atoms with Gasteiger partial charge in [0.15, 0.2) is 5.96 Å². The number of likely N-dealkylation sites (tertiary alicyclic amines) is 1. The van der Waals surface area contributed by atoms with E-state index in [1.807, 2.05) is 0 Å². The van der Waals surface area contributed by atoms with Crippen molar-refractivity contribution in [3.8, 4) is 0 Å². The third-order valence-corrected chi connectivity index (χ3v) is 4.23. The second-order valence-electron chi connectivity index (χ2n) is 6.37. The van der Waals surface area contributed by atoms with Gasteiger partial charge in [-0.15, -0.1) is 24.0 Å². The van der Waals surface area contributed by atoms with Crippen LogP contribution >= 0.6 is 24.0 Å². The van der Waals surface area contributed by atoms with Gasteiger partial charge in [0, 0.05) is 38.3 Å². The predicted molar refractivity (Wildman–Crippen MR) is 108 cm³/mol. The van der Waals surface area contributed by atoms with Crippen LogP contribution in [0.5, 0.6) is 0 Å². The number of halogens is 1. The minimum Gasteiger partial charge on any atom is -0.357 e. The normalized spacial score (nSPS) is 17.4. The molecule has 0 unspecified atom stereocenters. The molecule has 0 radical (unpaired) electrons. The summed E-state index contributed by atoms with van der Waals surface area (Å²) in [6.45, 7) is 13.2. The van der Waals surface area contributed by atoms with Crippen LogP contribution in [-0.2, 0) is 0 Å². The number of nitrogens with zero attached hydrogens (tertiary/aromatic N) is 2.